The van der Waals surface area contributed by atoms with Crippen molar-refractivity contribution >= 4 is 46.1 Å². The van der Waals surface area contributed by atoms with Gasteiger partial charge in [0, 0.05) is 22.0 Å². The number of carbonyl (C=O) groups is 3. The molecule has 3 aromatic rings. The lowest BCUT2D eigenvalue weighted by Gasteiger charge is -2.13. The van der Waals surface area contributed by atoms with Crippen LogP contribution < -0.4 is 16.0 Å². The minimum Gasteiger partial charge on any atom is -0.326 e. The zero-order valence-corrected chi connectivity index (χ0v) is 17.9. The third kappa shape index (κ3) is 5.38. The topological polar surface area (TPSA) is 87.3 Å². The van der Waals surface area contributed by atoms with E-state index in [0.717, 1.165) is 11.3 Å². The van der Waals surface area contributed by atoms with Gasteiger partial charge < -0.3 is 16.0 Å². The maximum absolute atomic E-state index is 12.8. The molecular weight excluding hydrogens is 410 g/mol. The Bertz CT molecular complexity index is 1110. The Kier molecular flexibility index (Phi) is 6.13. The number of anilines is 3. The highest BCUT2D eigenvalue weighted by Crippen LogP contribution is 2.38. The molecule has 0 bridgehead atoms. The van der Waals surface area contributed by atoms with E-state index < -0.39 is 0 Å². The highest BCUT2D eigenvalue weighted by molar-refractivity contribution is 7.10. The van der Waals surface area contributed by atoms with Gasteiger partial charge in [0.05, 0.1) is 17.8 Å². The molecule has 0 spiro atoms. The molecule has 31 heavy (non-hydrogen) atoms. The van der Waals surface area contributed by atoms with E-state index in [1.807, 2.05) is 24.4 Å². The number of para-hydroxylation sites is 2. The van der Waals surface area contributed by atoms with Gasteiger partial charge in [0.25, 0.3) is 5.91 Å². The van der Waals surface area contributed by atoms with E-state index in [1.165, 1.54) is 11.3 Å². The standard InChI is InChI=1S/C24H23N3O3S/c1-15-12-19(15)24(30)25-17-7-4-6-16(13-17)23(29)27-21-10-3-2-9-20(21)26-22(28)14-18-8-5-11-31-18/h2-11,13,15,19H,12,14H2,1H3,(H,25,30)(H,26,28)(H,27,29). The predicted octanol–water partition coefficient (Wildman–Crippen LogP) is 4.78. The Hall–Kier alpha value is -3.45. The molecule has 6 nitrogen and oxygen atoms in total. The van der Waals surface area contributed by atoms with Crippen molar-refractivity contribution in [2.75, 3.05) is 16.0 Å². The summed E-state index contributed by atoms with van der Waals surface area (Å²) in [5.74, 6) is -0.0111. The molecule has 3 N–H and O–H groups in total. The first-order valence-electron chi connectivity index (χ1n) is 10.1. The Balaban J connectivity index is 1.42. The fourth-order valence-corrected chi connectivity index (χ4v) is 4.03. The average molecular weight is 434 g/mol. The fraction of sp³-hybridized carbons (Fsp3) is 0.208. The number of thiophene rings is 1. The van der Waals surface area contributed by atoms with Gasteiger partial charge in [-0.15, -0.1) is 11.3 Å². The van der Waals surface area contributed by atoms with Gasteiger partial charge >= 0.3 is 0 Å². The molecule has 3 amide bonds. The van der Waals surface area contributed by atoms with Crippen LogP contribution in [0.1, 0.15) is 28.6 Å². The lowest BCUT2D eigenvalue weighted by Crippen LogP contribution is -2.18. The van der Waals surface area contributed by atoms with Crippen molar-refractivity contribution in [1.29, 1.82) is 0 Å². The van der Waals surface area contributed by atoms with Crippen LogP contribution >= 0.6 is 11.3 Å². The Labute approximate surface area is 184 Å². The Morgan fingerprint density at radius 2 is 1.68 bits per heavy atom. The van der Waals surface area contributed by atoms with Gasteiger partial charge in [-0.2, -0.15) is 0 Å². The predicted molar refractivity (Wildman–Crippen MR) is 123 cm³/mol. The van der Waals surface area contributed by atoms with E-state index in [4.69, 9.17) is 0 Å². The highest BCUT2D eigenvalue weighted by atomic mass is 32.1. The first-order chi connectivity index (χ1) is 15.0. The molecule has 1 aromatic heterocycles. The fourth-order valence-electron chi connectivity index (χ4n) is 3.32. The van der Waals surface area contributed by atoms with Gasteiger partial charge in [-0.05, 0) is 54.1 Å². The van der Waals surface area contributed by atoms with Crippen LogP contribution in [0, 0.1) is 11.8 Å². The summed E-state index contributed by atoms with van der Waals surface area (Å²) < 4.78 is 0. The second kappa shape index (κ2) is 9.14. The Morgan fingerprint density at radius 3 is 2.35 bits per heavy atom. The molecule has 1 heterocycles. The smallest absolute Gasteiger partial charge is 0.255 e. The molecule has 1 saturated carbocycles. The highest BCUT2D eigenvalue weighted by Gasteiger charge is 2.39. The summed E-state index contributed by atoms with van der Waals surface area (Å²) >= 11 is 1.52. The summed E-state index contributed by atoms with van der Waals surface area (Å²) in [4.78, 5) is 38.3. The largest absolute Gasteiger partial charge is 0.326 e. The maximum Gasteiger partial charge on any atom is 0.255 e. The van der Waals surface area contributed by atoms with Crippen LogP contribution in [0.4, 0.5) is 17.1 Å². The van der Waals surface area contributed by atoms with E-state index in [1.54, 1.807) is 48.5 Å². The summed E-state index contributed by atoms with van der Waals surface area (Å²) in [5, 5.41) is 10.5. The average Bonchev–Trinajstić information content (AvgIpc) is 3.27. The van der Waals surface area contributed by atoms with Crippen LogP contribution in [0.2, 0.25) is 0 Å². The molecule has 7 heteroatoms. The SMILES string of the molecule is CC1CC1C(=O)Nc1cccc(C(=O)Nc2ccccc2NC(=O)Cc2cccs2)c1. The van der Waals surface area contributed by atoms with Crippen molar-refractivity contribution < 1.29 is 14.4 Å². The van der Waals surface area contributed by atoms with Crippen molar-refractivity contribution in [2.24, 2.45) is 11.8 Å². The van der Waals surface area contributed by atoms with Gasteiger partial charge in [-0.25, -0.2) is 0 Å². The number of carbonyl (C=O) groups excluding carboxylic acids is 3. The summed E-state index contributed by atoms with van der Waals surface area (Å²) in [6.07, 6.45) is 1.18. The molecule has 0 saturated heterocycles. The molecule has 1 fully saturated rings. The lowest BCUT2D eigenvalue weighted by molar-refractivity contribution is -0.117. The number of rotatable bonds is 7. The number of hydrogen-bond acceptors (Lipinski definition) is 4. The van der Waals surface area contributed by atoms with Gasteiger partial charge in [-0.3, -0.25) is 14.4 Å². The summed E-state index contributed by atoms with van der Waals surface area (Å²) in [6.45, 7) is 2.05. The molecule has 2 atom stereocenters. The van der Waals surface area contributed by atoms with E-state index in [-0.39, 0.29) is 30.1 Å². The minimum atomic E-state index is -0.323. The first-order valence-corrected chi connectivity index (χ1v) is 11.0. The monoisotopic (exact) mass is 433 g/mol. The first kappa shape index (κ1) is 20.8. The molecule has 1 aliphatic rings. The van der Waals surface area contributed by atoms with Crippen molar-refractivity contribution in [2.45, 2.75) is 19.8 Å². The van der Waals surface area contributed by atoms with Gasteiger partial charge in [0.15, 0.2) is 0 Å². The van der Waals surface area contributed by atoms with Crippen molar-refractivity contribution in [3.05, 3.63) is 76.5 Å². The van der Waals surface area contributed by atoms with E-state index >= 15 is 0 Å². The maximum atomic E-state index is 12.8. The van der Waals surface area contributed by atoms with Crippen molar-refractivity contribution in [3.63, 3.8) is 0 Å². The molecule has 0 radical (unpaired) electrons. The number of amides is 3. The van der Waals surface area contributed by atoms with Crippen LogP contribution in [0.3, 0.4) is 0 Å². The van der Waals surface area contributed by atoms with E-state index in [2.05, 4.69) is 16.0 Å². The second-order valence-electron chi connectivity index (χ2n) is 7.69. The normalized spacial score (nSPS) is 16.9. The third-order valence-corrected chi connectivity index (χ3v) is 6.08. The van der Waals surface area contributed by atoms with Crippen LogP contribution in [0.25, 0.3) is 0 Å². The molecule has 1 aliphatic carbocycles. The summed E-state index contributed by atoms with van der Waals surface area (Å²) in [7, 11) is 0. The number of hydrogen-bond donors (Lipinski definition) is 3. The molecular formula is C24H23N3O3S. The zero-order chi connectivity index (χ0) is 21.8. The zero-order valence-electron chi connectivity index (χ0n) is 17.1. The van der Waals surface area contributed by atoms with Crippen LogP contribution in [0.5, 0.6) is 0 Å². The van der Waals surface area contributed by atoms with Crippen molar-refractivity contribution in [1.82, 2.24) is 0 Å². The Morgan fingerprint density at radius 1 is 0.935 bits per heavy atom. The van der Waals surface area contributed by atoms with E-state index in [0.29, 0.717) is 28.5 Å². The quantitative estimate of drug-likeness (QED) is 0.501. The lowest BCUT2D eigenvalue weighted by atomic mass is 10.1. The van der Waals surface area contributed by atoms with Crippen molar-refractivity contribution in [3.8, 4) is 0 Å². The van der Waals surface area contributed by atoms with Crippen LogP contribution in [-0.4, -0.2) is 17.7 Å². The number of benzene rings is 2. The van der Waals surface area contributed by atoms with E-state index in [9.17, 15) is 14.4 Å². The minimum absolute atomic E-state index is 0.0103. The molecule has 2 aromatic carbocycles. The van der Waals surface area contributed by atoms with Gasteiger partial charge in [0.2, 0.25) is 11.8 Å². The second-order valence-corrected chi connectivity index (χ2v) is 8.73. The van der Waals surface area contributed by atoms with Gasteiger partial charge in [-0.1, -0.05) is 31.2 Å². The summed E-state index contributed by atoms with van der Waals surface area (Å²) in [6, 6.07) is 17.7. The number of nitrogens with one attached hydrogen (secondary N) is 3. The van der Waals surface area contributed by atoms with Gasteiger partial charge in [0.1, 0.15) is 0 Å². The molecule has 2 unspecified atom stereocenters. The summed E-state index contributed by atoms with van der Waals surface area (Å²) in [5.41, 5.74) is 2.05. The molecule has 0 aliphatic heterocycles. The molecule has 4 rings (SSSR count). The molecule has 158 valence electrons. The van der Waals surface area contributed by atoms with Crippen LogP contribution in [0.15, 0.2) is 66.0 Å². The third-order valence-electron chi connectivity index (χ3n) is 5.20. The van der Waals surface area contributed by atoms with Crippen LogP contribution in [-0.2, 0) is 16.0 Å².